The lowest BCUT2D eigenvalue weighted by molar-refractivity contribution is 0.0698. The van der Waals surface area contributed by atoms with Crippen molar-refractivity contribution in [3.8, 4) is 0 Å². The van der Waals surface area contributed by atoms with Gasteiger partial charge in [-0.05, 0) is 19.4 Å². The van der Waals surface area contributed by atoms with E-state index in [0.29, 0.717) is 24.3 Å². The van der Waals surface area contributed by atoms with Gasteiger partial charge >= 0.3 is 0 Å². The Hall–Kier alpha value is -1.50. The Kier molecular flexibility index (Phi) is 3.58. The second-order valence-electron chi connectivity index (χ2n) is 4.92. The normalized spacial score (nSPS) is 21.5. The summed E-state index contributed by atoms with van der Waals surface area (Å²) in [6.45, 7) is 2.35. The van der Waals surface area contributed by atoms with E-state index < -0.39 is 9.84 Å². The summed E-state index contributed by atoms with van der Waals surface area (Å²) in [6, 6.07) is 1.40. The van der Waals surface area contributed by atoms with Gasteiger partial charge in [0.1, 0.15) is 5.69 Å². The van der Waals surface area contributed by atoms with Crippen LogP contribution in [0.25, 0.3) is 0 Å². The van der Waals surface area contributed by atoms with Gasteiger partial charge in [-0.15, -0.1) is 0 Å². The lowest BCUT2D eigenvalue weighted by atomic mass is 10.2. The van der Waals surface area contributed by atoms with Crippen LogP contribution < -0.4 is 5.73 Å². The van der Waals surface area contributed by atoms with Gasteiger partial charge in [0, 0.05) is 25.8 Å². The molecule has 1 saturated heterocycles. The van der Waals surface area contributed by atoms with E-state index in [2.05, 4.69) is 0 Å². The number of anilines is 1. The fourth-order valence-electron chi connectivity index (χ4n) is 2.54. The van der Waals surface area contributed by atoms with Crippen LogP contribution >= 0.6 is 0 Å². The monoisotopic (exact) mass is 285 g/mol. The Bertz CT molecular complexity index is 591. The SMILES string of the molecule is CCN(C(=O)c1cc(N)cn1C)C1CCS(=O)(=O)C1. The van der Waals surface area contributed by atoms with Crippen molar-refractivity contribution in [1.82, 2.24) is 9.47 Å². The van der Waals surface area contributed by atoms with E-state index in [1.54, 1.807) is 28.8 Å². The molecular weight excluding hydrogens is 266 g/mol. The van der Waals surface area contributed by atoms with Gasteiger partial charge in [0.05, 0.1) is 17.2 Å². The summed E-state index contributed by atoms with van der Waals surface area (Å²) in [4.78, 5) is 14.1. The first kappa shape index (κ1) is 13.9. The fraction of sp³-hybridized carbons (Fsp3) is 0.583. The van der Waals surface area contributed by atoms with E-state index >= 15 is 0 Å². The molecule has 2 heterocycles. The summed E-state index contributed by atoms with van der Waals surface area (Å²) in [5.41, 5.74) is 6.69. The van der Waals surface area contributed by atoms with E-state index in [-0.39, 0.29) is 23.5 Å². The minimum atomic E-state index is -3.00. The number of sulfone groups is 1. The van der Waals surface area contributed by atoms with Crippen LogP contribution in [-0.2, 0) is 16.9 Å². The van der Waals surface area contributed by atoms with Crippen molar-refractivity contribution in [3.63, 3.8) is 0 Å². The van der Waals surface area contributed by atoms with Crippen LogP contribution in [0.4, 0.5) is 5.69 Å². The summed E-state index contributed by atoms with van der Waals surface area (Å²) in [5.74, 6) is 0.0623. The highest BCUT2D eigenvalue weighted by Crippen LogP contribution is 2.20. The summed E-state index contributed by atoms with van der Waals surface area (Å²) in [7, 11) is -1.24. The third-order valence-electron chi connectivity index (χ3n) is 3.50. The van der Waals surface area contributed by atoms with Crippen LogP contribution in [0, 0.1) is 0 Å². The maximum absolute atomic E-state index is 12.5. The highest BCUT2D eigenvalue weighted by molar-refractivity contribution is 7.91. The van der Waals surface area contributed by atoms with Gasteiger partial charge in [0.25, 0.3) is 5.91 Å². The third-order valence-corrected chi connectivity index (χ3v) is 5.25. The molecule has 0 aromatic carbocycles. The fourth-order valence-corrected chi connectivity index (χ4v) is 4.27. The molecule has 106 valence electrons. The average molecular weight is 285 g/mol. The van der Waals surface area contributed by atoms with E-state index in [0.717, 1.165) is 0 Å². The van der Waals surface area contributed by atoms with Crippen molar-refractivity contribution in [2.75, 3.05) is 23.8 Å². The van der Waals surface area contributed by atoms with Gasteiger partial charge in [-0.3, -0.25) is 4.79 Å². The van der Waals surface area contributed by atoms with Gasteiger partial charge in [-0.1, -0.05) is 0 Å². The molecule has 1 unspecified atom stereocenters. The Labute approximate surface area is 113 Å². The molecule has 1 aliphatic heterocycles. The predicted octanol–water partition coefficient (Wildman–Crippen LogP) is 0.257. The number of carbonyl (C=O) groups is 1. The summed E-state index contributed by atoms with van der Waals surface area (Å²) >= 11 is 0. The Morgan fingerprint density at radius 1 is 1.58 bits per heavy atom. The number of hydrogen-bond acceptors (Lipinski definition) is 4. The smallest absolute Gasteiger partial charge is 0.270 e. The van der Waals surface area contributed by atoms with E-state index in [1.165, 1.54) is 0 Å². The quantitative estimate of drug-likeness (QED) is 0.863. The molecule has 0 bridgehead atoms. The van der Waals surface area contributed by atoms with Gasteiger partial charge in [-0.25, -0.2) is 8.42 Å². The van der Waals surface area contributed by atoms with Gasteiger partial charge in [0.2, 0.25) is 0 Å². The van der Waals surface area contributed by atoms with Crippen molar-refractivity contribution in [2.45, 2.75) is 19.4 Å². The summed E-state index contributed by atoms with van der Waals surface area (Å²) in [6.07, 6.45) is 2.19. The zero-order valence-electron chi connectivity index (χ0n) is 11.2. The molecular formula is C12H19N3O3S. The molecule has 2 N–H and O–H groups in total. The topological polar surface area (TPSA) is 85.4 Å². The van der Waals surface area contributed by atoms with Crippen molar-refractivity contribution in [1.29, 1.82) is 0 Å². The van der Waals surface area contributed by atoms with Crippen molar-refractivity contribution in [3.05, 3.63) is 18.0 Å². The van der Waals surface area contributed by atoms with E-state index in [1.807, 2.05) is 6.92 Å². The number of aromatic nitrogens is 1. The van der Waals surface area contributed by atoms with Crippen LogP contribution in [0.3, 0.4) is 0 Å². The average Bonchev–Trinajstić information content (AvgIpc) is 2.82. The van der Waals surface area contributed by atoms with Crippen LogP contribution in [0.2, 0.25) is 0 Å². The Balaban J connectivity index is 2.23. The molecule has 1 aliphatic rings. The minimum Gasteiger partial charge on any atom is -0.397 e. The molecule has 1 aromatic rings. The van der Waals surface area contributed by atoms with Crippen molar-refractivity contribution in [2.24, 2.45) is 7.05 Å². The maximum Gasteiger partial charge on any atom is 0.270 e. The van der Waals surface area contributed by atoms with Gasteiger partial charge in [-0.2, -0.15) is 0 Å². The van der Waals surface area contributed by atoms with Crippen LogP contribution in [0.5, 0.6) is 0 Å². The molecule has 0 spiro atoms. The second kappa shape index (κ2) is 4.88. The van der Waals surface area contributed by atoms with E-state index in [9.17, 15) is 13.2 Å². The Morgan fingerprint density at radius 3 is 2.68 bits per heavy atom. The second-order valence-corrected chi connectivity index (χ2v) is 7.15. The molecule has 7 heteroatoms. The zero-order chi connectivity index (χ0) is 14.2. The predicted molar refractivity (Wildman–Crippen MR) is 73.6 cm³/mol. The molecule has 2 rings (SSSR count). The number of hydrogen-bond donors (Lipinski definition) is 1. The van der Waals surface area contributed by atoms with Gasteiger partial charge in [0.15, 0.2) is 9.84 Å². The molecule has 1 atom stereocenters. The van der Waals surface area contributed by atoms with Crippen molar-refractivity contribution < 1.29 is 13.2 Å². The first-order valence-electron chi connectivity index (χ1n) is 6.27. The zero-order valence-corrected chi connectivity index (χ0v) is 12.0. The maximum atomic E-state index is 12.5. The summed E-state index contributed by atoms with van der Waals surface area (Å²) < 4.78 is 24.7. The lowest BCUT2D eigenvalue weighted by Crippen LogP contribution is -2.41. The molecule has 0 radical (unpaired) electrons. The molecule has 1 amide bonds. The molecule has 1 aromatic heterocycles. The number of nitrogen functional groups attached to an aromatic ring is 1. The highest BCUT2D eigenvalue weighted by atomic mass is 32.2. The minimum absolute atomic E-state index is 0.0620. The van der Waals surface area contributed by atoms with Crippen molar-refractivity contribution >= 4 is 21.4 Å². The number of rotatable bonds is 3. The molecule has 19 heavy (non-hydrogen) atoms. The van der Waals surface area contributed by atoms with Crippen LogP contribution in [0.1, 0.15) is 23.8 Å². The number of aryl methyl sites for hydroxylation is 1. The number of nitrogens with zero attached hydrogens (tertiary/aromatic N) is 2. The third kappa shape index (κ3) is 2.75. The molecule has 0 saturated carbocycles. The largest absolute Gasteiger partial charge is 0.397 e. The van der Waals surface area contributed by atoms with E-state index in [4.69, 9.17) is 5.73 Å². The van der Waals surface area contributed by atoms with Crippen LogP contribution in [-0.4, -0.2) is 47.9 Å². The van der Waals surface area contributed by atoms with Crippen LogP contribution in [0.15, 0.2) is 12.3 Å². The summed E-state index contributed by atoms with van der Waals surface area (Å²) in [5, 5.41) is 0. The van der Waals surface area contributed by atoms with Gasteiger partial charge < -0.3 is 15.2 Å². The molecule has 0 aliphatic carbocycles. The molecule has 6 nitrogen and oxygen atoms in total. The highest BCUT2D eigenvalue weighted by Gasteiger charge is 2.34. The lowest BCUT2D eigenvalue weighted by Gasteiger charge is -2.26. The Morgan fingerprint density at radius 2 is 2.26 bits per heavy atom. The molecule has 1 fully saturated rings. The first-order chi connectivity index (χ1) is 8.84. The number of carbonyl (C=O) groups excluding carboxylic acids is 1. The number of amides is 1. The standard InChI is InChI=1S/C12H19N3O3S/c1-3-15(10-4-5-19(17,18)8-10)12(16)11-6-9(13)7-14(11)2/h6-7,10H,3-5,8,13H2,1-2H3. The number of nitrogens with two attached hydrogens (primary N) is 1. The first-order valence-corrected chi connectivity index (χ1v) is 8.09.